The van der Waals surface area contributed by atoms with Crippen LogP contribution in [0.2, 0.25) is 0 Å². The zero-order chi connectivity index (χ0) is 22.1. The maximum atomic E-state index is 15.9. The minimum atomic E-state index is -1.26. The highest BCUT2D eigenvalue weighted by molar-refractivity contribution is 6.05. The number of imide groups is 1. The van der Waals surface area contributed by atoms with Gasteiger partial charge in [0, 0.05) is 41.6 Å². The second kappa shape index (κ2) is 6.84. The fourth-order valence-corrected chi connectivity index (χ4v) is 6.28. The molecule has 0 spiro atoms. The summed E-state index contributed by atoms with van der Waals surface area (Å²) in [6.45, 7) is 6.39. The van der Waals surface area contributed by atoms with Gasteiger partial charge in [-0.05, 0) is 43.9 Å². The average molecular weight is 429 g/mol. The summed E-state index contributed by atoms with van der Waals surface area (Å²) < 4.78 is 15.9. The smallest absolute Gasteiger partial charge is 0.255 e. The molecule has 1 aliphatic carbocycles. The molecular weight excluding hydrogens is 401 g/mol. The molecule has 7 nitrogen and oxygen atoms in total. The van der Waals surface area contributed by atoms with Crippen molar-refractivity contribution in [3.8, 4) is 0 Å². The summed E-state index contributed by atoms with van der Waals surface area (Å²) in [5.41, 5.74) is -0.133. The van der Waals surface area contributed by atoms with Crippen LogP contribution in [0.15, 0.2) is 6.07 Å². The number of carbonyl (C=O) groups is 3. The van der Waals surface area contributed by atoms with Gasteiger partial charge >= 0.3 is 0 Å². The number of amides is 3. The summed E-state index contributed by atoms with van der Waals surface area (Å²) in [5.74, 6) is -1.75. The van der Waals surface area contributed by atoms with Crippen molar-refractivity contribution in [3.63, 3.8) is 0 Å². The Bertz CT molecular complexity index is 1010. The van der Waals surface area contributed by atoms with Crippen LogP contribution in [0.3, 0.4) is 0 Å². The molecule has 0 saturated carbocycles. The molecule has 0 aromatic heterocycles. The van der Waals surface area contributed by atoms with Gasteiger partial charge in [-0.25, -0.2) is 4.39 Å². The third-order valence-electron chi connectivity index (χ3n) is 8.12. The number of carbonyl (C=O) groups excluding carboxylic acids is 3. The van der Waals surface area contributed by atoms with Gasteiger partial charge in [-0.1, -0.05) is 13.8 Å². The van der Waals surface area contributed by atoms with Gasteiger partial charge in [-0.2, -0.15) is 0 Å². The average Bonchev–Trinajstić information content (AvgIpc) is 3.20. The van der Waals surface area contributed by atoms with Crippen molar-refractivity contribution in [3.05, 3.63) is 34.1 Å². The van der Waals surface area contributed by atoms with E-state index in [2.05, 4.69) is 17.1 Å². The molecule has 0 radical (unpaired) electrons. The van der Waals surface area contributed by atoms with Crippen molar-refractivity contribution in [2.45, 2.75) is 64.1 Å². The maximum absolute atomic E-state index is 15.9. The number of hydrogen-bond acceptors (Lipinski definition) is 5. The SMILES string of the molecule is CCN1CC[C@]2(O)c3c(cc4c(c3F)CN([C@@H]3CCC(=O)NC3=O)C4=O)CC2(CC)C1. The van der Waals surface area contributed by atoms with Crippen molar-refractivity contribution in [1.29, 1.82) is 0 Å². The molecule has 5 rings (SSSR count). The van der Waals surface area contributed by atoms with Crippen LogP contribution in [0.4, 0.5) is 4.39 Å². The fraction of sp³-hybridized carbons (Fsp3) is 0.609. The molecule has 1 aromatic rings. The molecule has 4 aliphatic rings. The fourth-order valence-electron chi connectivity index (χ4n) is 6.28. The molecule has 2 N–H and O–H groups in total. The molecule has 0 bridgehead atoms. The zero-order valence-electron chi connectivity index (χ0n) is 18.0. The van der Waals surface area contributed by atoms with Crippen molar-refractivity contribution in [1.82, 2.24) is 15.1 Å². The molecule has 2 saturated heterocycles. The molecule has 3 amide bonds. The Morgan fingerprint density at radius 3 is 2.74 bits per heavy atom. The summed E-state index contributed by atoms with van der Waals surface area (Å²) >= 11 is 0. The number of hydrogen-bond donors (Lipinski definition) is 2. The number of likely N-dealkylation sites (tertiary alicyclic amines) is 1. The first-order chi connectivity index (χ1) is 14.7. The predicted octanol–water partition coefficient (Wildman–Crippen LogP) is 1.45. The third-order valence-corrected chi connectivity index (χ3v) is 8.12. The molecule has 3 heterocycles. The van der Waals surface area contributed by atoms with Crippen LogP contribution in [-0.2, 0) is 28.2 Å². The van der Waals surface area contributed by atoms with E-state index >= 15 is 4.39 Å². The number of nitrogens with one attached hydrogen (secondary N) is 1. The van der Waals surface area contributed by atoms with Crippen LogP contribution >= 0.6 is 0 Å². The van der Waals surface area contributed by atoms with Crippen molar-refractivity contribution in [2.75, 3.05) is 19.6 Å². The van der Waals surface area contributed by atoms with Crippen LogP contribution in [0.25, 0.3) is 0 Å². The van der Waals surface area contributed by atoms with E-state index in [0.29, 0.717) is 37.1 Å². The van der Waals surface area contributed by atoms with E-state index in [1.165, 1.54) is 4.90 Å². The third kappa shape index (κ3) is 2.67. The predicted molar refractivity (Wildman–Crippen MR) is 110 cm³/mol. The highest BCUT2D eigenvalue weighted by Gasteiger charge is 2.60. The van der Waals surface area contributed by atoms with Gasteiger partial charge in [0.15, 0.2) is 0 Å². The van der Waals surface area contributed by atoms with Crippen molar-refractivity contribution >= 4 is 17.7 Å². The molecule has 3 atom stereocenters. The summed E-state index contributed by atoms with van der Waals surface area (Å²) in [7, 11) is 0. The Labute approximate surface area is 180 Å². The highest BCUT2D eigenvalue weighted by atomic mass is 19.1. The second-order valence-electron chi connectivity index (χ2n) is 9.44. The second-order valence-corrected chi connectivity index (χ2v) is 9.44. The largest absolute Gasteiger partial charge is 0.384 e. The standard InChI is InChI=1S/C23H28FN3O4/c1-3-22-10-13-9-14-15(11-27(21(14)30)16-5-6-17(28)25-20(16)29)19(24)18(13)23(22,31)7-8-26(4-2)12-22/h9,16,31H,3-8,10-12H2,1-2H3,(H,25,28,29)/t16-,22?,23+/m1/s1. The number of rotatable bonds is 3. The van der Waals surface area contributed by atoms with Crippen LogP contribution < -0.4 is 5.32 Å². The van der Waals surface area contributed by atoms with Crippen molar-refractivity contribution in [2.24, 2.45) is 5.41 Å². The van der Waals surface area contributed by atoms with E-state index < -0.39 is 28.8 Å². The van der Waals surface area contributed by atoms with E-state index in [0.717, 1.165) is 13.0 Å². The van der Waals surface area contributed by atoms with Crippen LogP contribution in [0.5, 0.6) is 0 Å². The lowest BCUT2D eigenvalue weighted by molar-refractivity contribution is -0.137. The number of halogens is 1. The summed E-state index contributed by atoms with van der Waals surface area (Å²) in [5, 5.41) is 14.1. The lowest BCUT2D eigenvalue weighted by Gasteiger charge is -2.50. The summed E-state index contributed by atoms with van der Waals surface area (Å²) in [6.07, 6.45) is 2.10. The highest BCUT2D eigenvalue weighted by Crippen LogP contribution is 2.58. The van der Waals surface area contributed by atoms with E-state index in [1.54, 1.807) is 6.07 Å². The lowest BCUT2D eigenvalue weighted by atomic mass is 9.66. The molecule has 2 fully saturated rings. The topological polar surface area (TPSA) is 89.9 Å². The van der Waals surface area contributed by atoms with Gasteiger partial charge in [0.1, 0.15) is 17.5 Å². The molecule has 31 heavy (non-hydrogen) atoms. The maximum Gasteiger partial charge on any atom is 0.255 e. The van der Waals surface area contributed by atoms with E-state index in [1.807, 2.05) is 6.92 Å². The van der Waals surface area contributed by atoms with Gasteiger partial charge in [0.25, 0.3) is 5.91 Å². The number of fused-ring (bicyclic) bond motifs is 4. The number of nitrogens with zero attached hydrogens (tertiary/aromatic N) is 2. The Morgan fingerprint density at radius 1 is 1.29 bits per heavy atom. The normalized spacial score (nSPS) is 32.7. The lowest BCUT2D eigenvalue weighted by Crippen LogP contribution is -2.56. The van der Waals surface area contributed by atoms with E-state index in [-0.39, 0.29) is 42.3 Å². The molecule has 1 unspecified atom stereocenters. The minimum Gasteiger partial charge on any atom is -0.384 e. The quantitative estimate of drug-likeness (QED) is 0.710. The number of benzene rings is 1. The Kier molecular flexibility index (Phi) is 4.54. The first-order valence-corrected chi connectivity index (χ1v) is 11.2. The van der Waals surface area contributed by atoms with Crippen molar-refractivity contribution < 1.29 is 23.9 Å². The summed E-state index contributed by atoms with van der Waals surface area (Å²) in [4.78, 5) is 40.6. The molecular formula is C23H28FN3O4. The first kappa shape index (κ1) is 20.6. The first-order valence-electron chi connectivity index (χ1n) is 11.2. The van der Waals surface area contributed by atoms with E-state index in [4.69, 9.17) is 0 Å². The number of aliphatic hydroxyl groups is 1. The molecule has 166 valence electrons. The molecule has 8 heteroatoms. The molecule has 1 aromatic carbocycles. The van der Waals surface area contributed by atoms with Gasteiger partial charge < -0.3 is 14.9 Å². The van der Waals surface area contributed by atoms with Gasteiger partial charge in [0.2, 0.25) is 11.8 Å². The number of piperidine rings is 2. The van der Waals surface area contributed by atoms with Crippen LogP contribution in [0.1, 0.15) is 66.6 Å². The minimum absolute atomic E-state index is 0.0180. The zero-order valence-corrected chi connectivity index (χ0v) is 18.0. The van der Waals surface area contributed by atoms with Gasteiger partial charge in [-0.15, -0.1) is 0 Å². The van der Waals surface area contributed by atoms with Crippen LogP contribution in [0, 0.1) is 11.2 Å². The summed E-state index contributed by atoms with van der Waals surface area (Å²) in [6, 6.07) is 0.962. The molecule has 3 aliphatic heterocycles. The monoisotopic (exact) mass is 429 g/mol. The van der Waals surface area contributed by atoms with Gasteiger partial charge in [-0.3, -0.25) is 19.7 Å². The Hall–Kier alpha value is -2.32. The Morgan fingerprint density at radius 2 is 2.06 bits per heavy atom. The van der Waals surface area contributed by atoms with E-state index in [9.17, 15) is 19.5 Å². The van der Waals surface area contributed by atoms with Gasteiger partial charge in [0.05, 0.1) is 6.54 Å². The Balaban J connectivity index is 1.54. The van der Waals surface area contributed by atoms with Crippen LogP contribution in [-0.4, -0.2) is 58.3 Å².